The van der Waals surface area contributed by atoms with Crippen molar-refractivity contribution < 1.29 is 0 Å². The molecule has 2 N–H and O–H groups in total. The summed E-state index contributed by atoms with van der Waals surface area (Å²) in [6.45, 7) is 6.74. The molecule has 1 aromatic heterocycles. The molecule has 3 heteroatoms. The van der Waals surface area contributed by atoms with Gasteiger partial charge in [-0.15, -0.1) is 11.3 Å². The van der Waals surface area contributed by atoms with Crippen molar-refractivity contribution in [2.24, 2.45) is 5.92 Å². The van der Waals surface area contributed by atoms with Crippen LogP contribution in [0.5, 0.6) is 0 Å². The van der Waals surface area contributed by atoms with E-state index in [1.165, 1.54) is 17.7 Å². The number of hydrogen-bond donors (Lipinski definition) is 1. The van der Waals surface area contributed by atoms with Crippen LogP contribution in [0.4, 0.5) is 5.13 Å². The number of anilines is 1. The molecule has 0 spiro atoms. The molecule has 1 unspecified atom stereocenters. The molecule has 0 radical (unpaired) electrons. The zero-order valence-electron chi connectivity index (χ0n) is 8.58. The highest BCUT2D eigenvalue weighted by molar-refractivity contribution is 7.15. The number of nitrogens with two attached hydrogens (primary N) is 1. The van der Waals surface area contributed by atoms with Gasteiger partial charge in [0.05, 0.1) is 0 Å². The molecule has 13 heavy (non-hydrogen) atoms. The molecule has 74 valence electrons. The van der Waals surface area contributed by atoms with Crippen LogP contribution in [0.15, 0.2) is 6.20 Å². The van der Waals surface area contributed by atoms with E-state index in [9.17, 15) is 0 Å². The number of nitrogen functional groups attached to an aromatic ring is 1. The van der Waals surface area contributed by atoms with Gasteiger partial charge in [-0.05, 0) is 24.7 Å². The molecule has 0 bridgehead atoms. The fourth-order valence-corrected chi connectivity index (χ4v) is 2.42. The lowest BCUT2D eigenvalue weighted by Crippen LogP contribution is -1.99. The molecule has 0 aliphatic carbocycles. The first-order valence-electron chi connectivity index (χ1n) is 4.84. The Balaban J connectivity index is 2.66. The zero-order chi connectivity index (χ0) is 9.84. The maximum absolute atomic E-state index is 5.61. The Labute approximate surface area is 84.2 Å². The number of thiazole rings is 1. The van der Waals surface area contributed by atoms with Crippen LogP contribution >= 0.6 is 11.3 Å². The Morgan fingerprint density at radius 2 is 2.23 bits per heavy atom. The fraction of sp³-hybridized carbons (Fsp3) is 0.700. The Morgan fingerprint density at radius 1 is 1.54 bits per heavy atom. The maximum Gasteiger partial charge on any atom is 0.180 e. The fourth-order valence-electron chi connectivity index (χ4n) is 1.54. The molecular formula is C10H18N2S. The van der Waals surface area contributed by atoms with Gasteiger partial charge >= 0.3 is 0 Å². The molecule has 0 amide bonds. The van der Waals surface area contributed by atoms with E-state index >= 15 is 0 Å². The van der Waals surface area contributed by atoms with Crippen molar-refractivity contribution >= 4 is 16.5 Å². The van der Waals surface area contributed by atoms with Crippen LogP contribution in [0.2, 0.25) is 0 Å². The highest BCUT2D eigenvalue weighted by atomic mass is 32.1. The Bertz CT molecular complexity index is 255. The van der Waals surface area contributed by atoms with Gasteiger partial charge in [-0.25, -0.2) is 4.98 Å². The number of aromatic nitrogens is 1. The second-order valence-electron chi connectivity index (χ2n) is 3.84. The summed E-state index contributed by atoms with van der Waals surface area (Å²) in [4.78, 5) is 5.43. The van der Waals surface area contributed by atoms with Gasteiger partial charge in [0.2, 0.25) is 0 Å². The molecule has 1 aromatic rings. The van der Waals surface area contributed by atoms with Gasteiger partial charge in [-0.1, -0.05) is 20.8 Å². The number of hydrogen-bond acceptors (Lipinski definition) is 3. The molecule has 1 rings (SSSR count). The summed E-state index contributed by atoms with van der Waals surface area (Å²) in [7, 11) is 0. The monoisotopic (exact) mass is 198 g/mol. The predicted molar refractivity (Wildman–Crippen MR) is 59.0 cm³/mol. The quantitative estimate of drug-likeness (QED) is 0.806. The molecule has 1 atom stereocenters. The van der Waals surface area contributed by atoms with Crippen LogP contribution in [-0.2, 0) is 0 Å². The predicted octanol–water partition coefficient (Wildman–Crippen LogP) is 3.27. The summed E-state index contributed by atoms with van der Waals surface area (Å²) in [5.41, 5.74) is 5.61. The lowest BCUT2D eigenvalue weighted by molar-refractivity contribution is 0.494. The van der Waals surface area contributed by atoms with Crippen molar-refractivity contribution in [1.29, 1.82) is 0 Å². The standard InChI is InChI=1S/C10H18N2S/c1-4-8(5-7(2)3)9-6-12-10(11)13-9/h6-8H,4-5H2,1-3H3,(H2,11,12). The van der Waals surface area contributed by atoms with Crippen LogP contribution in [0, 0.1) is 5.92 Å². The summed E-state index contributed by atoms with van der Waals surface area (Å²) in [6.07, 6.45) is 4.34. The summed E-state index contributed by atoms with van der Waals surface area (Å²) in [6, 6.07) is 0. The van der Waals surface area contributed by atoms with Crippen LogP contribution in [0.1, 0.15) is 44.4 Å². The van der Waals surface area contributed by atoms with Crippen molar-refractivity contribution in [3.05, 3.63) is 11.1 Å². The Morgan fingerprint density at radius 3 is 2.62 bits per heavy atom. The van der Waals surface area contributed by atoms with Gasteiger partial charge in [0.25, 0.3) is 0 Å². The minimum Gasteiger partial charge on any atom is -0.375 e. The van der Waals surface area contributed by atoms with Crippen LogP contribution in [0.25, 0.3) is 0 Å². The number of nitrogens with zero attached hydrogens (tertiary/aromatic N) is 1. The van der Waals surface area contributed by atoms with Gasteiger partial charge in [0.15, 0.2) is 5.13 Å². The van der Waals surface area contributed by atoms with Gasteiger partial charge in [-0.3, -0.25) is 0 Å². The third kappa shape index (κ3) is 2.99. The van der Waals surface area contributed by atoms with Crippen molar-refractivity contribution in [2.45, 2.75) is 39.5 Å². The minimum absolute atomic E-state index is 0.648. The summed E-state index contributed by atoms with van der Waals surface area (Å²) in [5.74, 6) is 1.39. The lowest BCUT2D eigenvalue weighted by atomic mass is 9.94. The molecular weight excluding hydrogens is 180 g/mol. The molecule has 0 fully saturated rings. The average Bonchev–Trinajstić information content (AvgIpc) is 2.47. The van der Waals surface area contributed by atoms with E-state index in [-0.39, 0.29) is 0 Å². The van der Waals surface area contributed by atoms with E-state index < -0.39 is 0 Å². The largest absolute Gasteiger partial charge is 0.375 e. The van der Waals surface area contributed by atoms with Gasteiger partial charge in [0.1, 0.15) is 0 Å². The van der Waals surface area contributed by atoms with E-state index in [0.717, 1.165) is 5.92 Å². The van der Waals surface area contributed by atoms with Crippen LogP contribution < -0.4 is 5.73 Å². The van der Waals surface area contributed by atoms with E-state index in [1.807, 2.05) is 6.20 Å². The Kier molecular flexibility index (Phi) is 3.72. The third-order valence-electron chi connectivity index (χ3n) is 2.19. The summed E-state index contributed by atoms with van der Waals surface area (Å²) >= 11 is 1.63. The van der Waals surface area contributed by atoms with Crippen LogP contribution in [0.3, 0.4) is 0 Å². The first-order chi connectivity index (χ1) is 6.13. The second kappa shape index (κ2) is 4.61. The first-order valence-corrected chi connectivity index (χ1v) is 5.66. The molecule has 0 aliphatic rings. The highest BCUT2D eigenvalue weighted by Gasteiger charge is 2.13. The van der Waals surface area contributed by atoms with Gasteiger partial charge < -0.3 is 5.73 Å². The van der Waals surface area contributed by atoms with E-state index in [0.29, 0.717) is 11.0 Å². The molecule has 0 saturated heterocycles. The first kappa shape index (κ1) is 10.5. The van der Waals surface area contributed by atoms with E-state index in [1.54, 1.807) is 11.3 Å². The van der Waals surface area contributed by atoms with Crippen molar-refractivity contribution in [3.63, 3.8) is 0 Å². The molecule has 0 aliphatic heterocycles. The van der Waals surface area contributed by atoms with Crippen LogP contribution in [-0.4, -0.2) is 4.98 Å². The SMILES string of the molecule is CCC(CC(C)C)c1cnc(N)s1. The third-order valence-corrected chi connectivity index (χ3v) is 3.18. The van der Waals surface area contributed by atoms with Crippen molar-refractivity contribution in [2.75, 3.05) is 5.73 Å². The van der Waals surface area contributed by atoms with E-state index in [2.05, 4.69) is 25.8 Å². The highest BCUT2D eigenvalue weighted by Crippen LogP contribution is 2.31. The van der Waals surface area contributed by atoms with Gasteiger partial charge in [-0.2, -0.15) is 0 Å². The summed E-state index contributed by atoms with van der Waals surface area (Å²) in [5, 5.41) is 0.692. The summed E-state index contributed by atoms with van der Waals surface area (Å²) < 4.78 is 0. The topological polar surface area (TPSA) is 38.9 Å². The Hall–Kier alpha value is -0.570. The lowest BCUT2D eigenvalue weighted by Gasteiger charge is -2.14. The molecule has 0 aromatic carbocycles. The smallest absolute Gasteiger partial charge is 0.180 e. The minimum atomic E-state index is 0.648. The molecule has 1 heterocycles. The van der Waals surface area contributed by atoms with E-state index in [4.69, 9.17) is 5.73 Å². The van der Waals surface area contributed by atoms with Gasteiger partial charge in [0, 0.05) is 11.1 Å². The van der Waals surface area contributed by atoms with Crippen molar-refractivity contribution in [1.82, 2.24) is 4.98 Å². The normalized spacial score (nSPS) is 13.5. The molecule has 2 nitrogen and oxygen atoms in total. The molecule has 0 saturated carbocycles. The maximum atomic E-state index is 5.61. The second-order valence-corrected chi connectivity index (χ2v) is 4.93. The zero-order valence-corrected chi connectivity index (χ0v) is 9.40. The number of rotatable bonds is 4. The van der Waals surface area contributed by atoms with Crippen molar-refractivity contribution in [3.8, 4) is 0 Å². The average molecular weight is 198 g/mol.